The number of carbonyl (C=O) groups is 4. The van der Waals surface area contributed by atoms with Crippen LogP contribution in [0.15, 0.2) is 41.9 Å². The van der Waals surface area contributed by atoms with Gasteiger partial charge >= 0.3 is 0 Å². The predicted molar refractivity (Wildman–Crippen MR) is 216 cm³/mol. The highest BCUT2D eigenvalue weighted by Crippen LogP contribution is 2.31. The number of nitrogens with one attached hydrogen (secondary N) is 3. The van der Waals surface area contributed by atoms with Gasteiger partial charge in [0.1, 0.15) is 11.0 Å². The molecule has 9 atom stereocenters. The van der Waals surface area contributed by atoms with E-state index in [9.17, 15) is 19.2 Å². The van der Waals surface area contributed by atoms with Crippen molar-refractivity contribution in [2.24, 2.45) is 17.8 Å². The van der Waals surface area contributed by atoms with Gasteiger partial charge in [0.05, 0.1) is 48.2 Å². The van der Waals surface area contributed by atoms with E-state index >= 15 is 0 Å². The number of benzene rings is 1. The Morgan fingerprint density at radius 2 is 1.78 bits per heavy atom. The number of rotatable bonds is 19. The van der Waals surface area contributed by atoms with E-state index in [0.29, 0.717) is 25.8 Å². The van der Waals surface area contributed by atoms with Gasteiger partial charge in [0.2, 0.25) is 23.6 Å². The van der Waals surface area contributed by atoms with Crippen molar-refractivity contribution in [1.82, 2.24) is 30.7 Å². The monoisotopic (exact) mass is 782 g/mol. The van der Waals surface area contributed by atoms with E-state index in [1.54, 1.807) is 32.4 Å². The fourth-order valence-corrected chi connectivity index (χ4v) is 9.04. The second-order valence-corrected chi connectivity index (χ2v) is 17.0. The fraction of sp³-hybridized carbons (Fsp3) is 0.690. The van der Waals surface area contributed by atoms with Crippen LogP contribution >= 0.6 is 11.3 Å². The van der Waals surface area contributed by atoms with Crippen LogP contribution in [-0.4, -0.2) is 109 Å². The largest absolute Gasteiger partial charge is 0.379 e. The Bertz CT molecular complexity index is 1520. The zero-order valence-corrected chi connectivity index (χ0v) is 35.3. The van der Waals surface area contributed by atoms with E-state index < -0.39 is 35.7 Å². The molecule has 2 aliphatic heterocycles. The lowest BCUT2D eigenvalue weighted by Gasteiger charge is -2.41. The minimum absolute atomic E-state index is 0.000717. The van der Waals surface area contributed by atoms with E-state index in [4.69, 9.17) is 9.47 Å². The zero-order valence-electron chi connectivity index (χ0n) is 34.5. The van der Waals surface area contributed by atoms with Crippen molar-refractivity contribution < 1.29 is 28.7 Å². The third-order valence-electron chi connectivity index (χ3n) is 11.9. The molecule has 0 spiro atoms. The lowest BCUT2D eigenvalue weighted by atomic mass is 9.88. The minimum Gasteiger partial charge on any atom is -0.379 e. The molecule has 0 aliphatic carbocycles. The molecule has 1 unspecified atom stereocenters. The summed E-state index contributed by atoms with van der Waals surface area (Å²) >= 11 is 1.51. The van der Waals surface area contributed by atoms with Crippen molar-refractivity contribution in [3.05, 3.63) is 52.5 Å². The van der Waals surface area contributed by atoms with Gasteiger partial charge in [0, 0.05) is 39.4 Å². The molecule has 2 saturated heterocycles. The van der Waals surface area contributed by atoms with Crippen LogP contribution in [0.2, 0.25) is 0 Å². The number of thiazole rings is 1. The van der Waals surface area contributed by atoms with Crippen molar-refractivity contribution in [2.45, 2.75) is 135 Å². The van der Waals surface area contributed by atoms with Gasteiger partial charge in [-0.1, -0.05) is 71.4 Å². The molecule has 2 aliphatic rings. The highest BCUT2D eigenvalue weighted by molar-refractivity contribution is 7.09. The van der Waals surface area contributed by atoms with Crippen molar-refractivity contribution >= 4 is 35.0 Å². The molecule has 2 aromatic rings. The van der Waals surface area contributed by atoms with Gasteiger partial charge in [-0.25, -0.2) is 4.98 Å². The molecule has 1 aromatic heterocycles. The van der Waals surface area contributed by atoms with Crippen LogP contribution in [0.1, 0.15) is 103 Å². The molecule has 4 amide bonds. The highest BCUT2D eigenvalue weighted by Gasteiger charge is 2.44. The molecular formula is C42H66N6O6S. The van der Waals surface area contributed by atoms with Gasteiger partial charge in [0.25, 0.3) is 0 Å². The summed E-state index contributed by atoms with van der Waals surface area (Å²) in [7, 11) is 4.95. The van der Waals surface area contributed by atoms with E-state index in [0.717, 1.165) is 42.8 Å². The maximum Gasteiger partial charge on any atom is 0.245 e. The Morgan fingerprint density at radius 3 is 2.36 bits per heavy atom. The topological polar surface area (TPSA) is 142 Å². The third-order valence-corrected chi connectivity index (χ3v) is 12.8. The van der Waals surface area contributed by atoms with Crippen molar-refractivity contribution in [3.63, 3.8) is 0 Å². The number of methoxy groups -OCH3 is 2. The summed E-state index contributed by atoms with van der Waals surface area (Å²) in [4.78, 5) is 64.1. The Kier molecular flexibility index (Phi) is 16.7. The molecule has 0 radical (unpaired) electrons. The second-order valence-electron chi connectivity index (χ2n) is 16.1. The molecule has 55 heavy (non-hydrogen) atoms. The SMILES string of the molecule is CC[C@H](C)[C@@H]([C@@H](CC(=O)N1CCC[C@H]1[C@H](OC)C(C)C(=O)N[C@@H](Cc1ccccc1)c1nccs1)OC)N(C)C(=O)[C@@H](NC(=O)[C@]1(C)CCCCN1)C(C)C. The van der Waals surface area contributed by atoms with Gasteiger partial charge in [0.15, 0.2) is 0 Å². The maximum absolute atomic E-state index is 14.3. The number of amides is 4. The van der Waals surface area contributed by atoms with E-state index in [-0.39, 0.29) is 54.0 Å². The van der Waals surface area contributed by atoms with Crippen LogP contribution in [-0.2, 0) is 35.1 Å². The molecule has 13 heteroatoms. The summed E-state index contributed by atoms with van der Waals surface area (Å²) in [5, 5.41) is 12.4. The first-order chi connectivity index (χ1) is 26.3. The van der Waals surface area contributed by atoms with Gasteiger partial charge in [-0.3, -0.25) is 19.2 Å². The Morgan fingerprint density at radius 1 is 1.05 bits per heavy atom. The lowest BCUT2D eigenvalue weighted by molar-refractivity contribution is -0.148. The molecule has 0 bridgehead atoms. The normalized spacial score (nSPS) is 22.6. The fourth-order valence-electron chi connectivity index (χ4n) is 8.35. The number of likely N-dealkylation sites (N-methyl/N-ethyl adjacent to an activating group) is 1. The Hall–Kier alpha value is -3.39. The number of hydrogen-bond donors (Lipinski definition) is 3. The molecule has 306 valence electrons. The summed E-state index contributed by atoms with van der Waals surface area (Å²) in [5.41, 5.74) is 0.370. The smallest absolute Gasteiger partial charge is 0.245 e. The summed E-state index contributed by atoms with van der Waals surface area (Å²) in [5.74, 6) is -1.34. The molecular weight excluding hydrogens is 717 g/mol. The predicted octanol–water partition coefficient (Wildman–Crippen LogP) is 5.14. The standard InChI is InChI=1S/C42H66N6O6S/c1-10-28(4)36(47(7)40(51)35(27(2)3)46-41(52)42(6)20-14-15-21-44-42)33(53-8)26-34(49)48-23-16-19-32(48)37(54-9)29(5)38(50)45-31(39-43-22-24-55-39)25-30-17-12-11-13-18-30/h11-13,17-18,22,24,27-29,31-33,35-37,44H,10,14-16,19-21,23,25-26H2,1-9H3,(H,45,50)(H,46,52)/t28-,29?,31-,32-,33+,35-,36-,37+,42-/m0/s1. The quantitative estimate of drug-likeness (QED) is 0.178. The first kappa shape index (κ1) is 44.3. The number of hydrogen-bond acceptors (Lipinski definition) is 9. The number of piperidine rings is 1. The molecule has 0 saturated carbocycles. The Balaban J connectivity index is 1.47. The minimum atomic E-state index is -0.737. The highest BCUT2D eigenvalue weighted by atomic mass is 32.1. The van der Waals surface area contributed by atoms with E-state index in [1.807, 2.05) is 68.3 Å². The summed E-state index contributed by atoms with van der Waals surface area (Å²) in [6.45, 7) is 13.1. The number of nitrogens with zero attached hydrogens (tertiary/aromatic N) is 3. The average molecular weight is 783 g/mol. The Labute approximate surface area is 332 Å². The second kappa shape index (κ2) is 20.7. The van der Waals surface area contributed by atoms with Gasteiger partial charge in [-0.15, -0.1) is 11.3 Å². The van der Waals surface area contributed by atoms with Crippen molar-refractivity contribution in [3.8, 4) is 0 Å². The van der Waals surface area contributed by atoms with E-state index in [2.05, 4.69) is 34.8 Å². The third kappa shape index (κ3) is 11.1. The summed E-state index contributed by atoms with van der Waals surface area (Å²) in [6.07, 6.45) is 6.21. The van der Waals surface area contributed by atoms with Crippen LogP contribution in [0.5, 0.6) is 0 Å². The van der Waals surface area contributed by atoms with Crippen LogP contribution in [0.4, 0.5) is 0 Å². The summed E-state index contributed by atoms with van der Waals surface area (Å²) in [6, 6.07) is 8.25. The number of likely N-dealkylation sites (tertiary alicyclic amines) is 1. The van der Waals surface area contributed by atoms with Crippen molar-refractivity contribution in [1.29, 1.82) is 0 Å². The number of ether oxygens (including phenoxy) is 2. The first-order valence-electron chi connectivity index (χ1n) is 20.2. The van der Waals surface area contributed by atoms with Crippen LogP contribution < -0.4 is 16.0 Å². The van der Waals surface area contributed by atoms with Gasteiger partial charge < -0.3 is 35.2 Å². The molecule has 3 heterocycles. The van der Waals surface area contributed by atoms with E-state index in [1.165, 1.54) is 11.3 Å². The molecule has 2 fully saturated rings. The van der Waals surface area contributed by atoms with Gasteiger partial charge in [-0.2, -0.15) is 0 Å². The zero-order chi connectivity index (χ0) is 40.3. The number of carbonyl (C=O) groups excluding carboxylic acids is 4. The van der Waals surface area contributed by atoms with Gasteiger partial charge in [-0.05, 0) is 69.4 Å². The maximum atomic E-state index is 14.3. The van der Waals surface area contributed by atoms with Crippen LogP contribution in [0.25, 0.3) is 0 Å². The summed E-state index contributed by atoms with van der Waals surface area (Å²) < 4.78 is 12.1. The molecule has 12 nitrogen and oxygen atoms in total. The molecule has 3 N–H and O–H groups in total. The first-order valence-corrected chi connectivity index (χ1v) is 21.1. The molecule has 4 rings (SSSR count). The average Bonchev–Trinajstić information content (AvgIpc) is 3.90. The van der Waals surface area contributed by atoms with Crippen LogP contribution in [0, 0.1) is 17.8 Å². The lowest BCUT2D eigenvalue weighted by Crippen LogP contribution is -2.63. The molecule has 1 aromatic carbocycles. The van der Waals surface area contributed by atoms with Crippen molar-refractivity contribution in [2.75, 3.05) is 34.4 Å². The van der Waals surface area contributed by atoms with Crippen LogP contribution in [0.3, 0.4) is 0 Å². The number of aromatic nitrogens is 1.